The van der Waals surface area contributed by atoms with E-state index in [4.69, 9.17) is 24.0 Å². The molecule has 1 aliphatic heterocycles. The molecule has 1 fully saturated rings. The minimum Gasteiger partial charge on any atom is -0.456 e. The minimum atomic E-state index is -5.81. The second kappa shape index (κ2) is 10.9. The van der Waals surface area contributed by atoms with E-state index >= 15 is 0 Å². The number of phosphoric acid groups is 3. The molecule has 0 radical (unpaired) electrons. The van der Waals surface area contributed by atoms with Gasteiger partial charge >= 0.3 is 41.1 Å². The van der Waals surface area contributed by atoms with Crippen molar-refractivity contribution in [1.29, 1.82) is 0 Å². The van der Waals surface area contributed by atoms with E-state index in [0.717, 1.165) is 30.7 Å². The van der Waals surface area contributed by atoms with E-state index < -0.39 is 77.8 Å². The van der Waals surface area contributed by atoms with E-state index in [2.05, 4.69) is 13.1 Å². The minimum absolute atomic E-state index is 0.746. The van der Waals surface area contributed by atoms with Crippen LogP contribution in [0.3, 0.4) is 0 Å². The number of nitrogens with one attached hydrogen (secondary N) is 1. The Kier molecular flexibility index (Phi) is 9.14. The van der Waals surface area contributed by atoms with Crippen molar-refractivity contribution in [2.75, 3.05) is 6.61 Å². The molecule has 0 spiro atoms. The lowest BCUT2D eigenvalue weighted by molar-refractivity contribution is -0.165. The van der Waals surface area contributed by atoms with Gasteiger partial charge in [-0.2, -0.15) is 8.62 Å². The number of H-pyrrole nitrogens is 1. The van der Waals surface area contributed by atoms with Gasteiger partial charge in [0.25, 0.3) is 5.56 Å². The molecule has 22 heteroatoms. The molecule has 0 bridgehead atoms. The number of aromatic amines is 1. The van der Waals surface area contributed by atoms with E-state index in [0.29, 0.717) is 0 Å². The molecular formula is C13H19N2O17P3. The highest BCUT2D eigenvalue weighted by molar-refractivity contribution is 7.66. The first-order valence-electron chi connectivity index (χ1n) is 8.99. The van der Waals surface area contributed by atoms with Gasteiger partial charge in [-0.25, -0.2) is 18.5 Å². The number of hydrogen-bond acceptors (Lipinski definition) is 13. The van der Waals surface area contributed by atoms with E-state index in [-0.39, 0.29) is 0 Å². The summed E-state index contributed by atoms with van der Waals surface area (Å²) in [6.45, 7) is 0.828. The van der Waals surface area contributed by atoms with Crippen molar-refractivity contribution in [1.82, 2.24) is 9.55 Å². The maximum Gasteiger partial charge on any atom is 0.490 e. The fraction of sp³-hybridized carbons (Fsp3) is 0.538. The Morgan fingerprint density at radius 2 is 1.57 bits per heavy atom. The summed E-state index contributed by atoms with van der Waals surface area (Å²) in [5, 5.41) is 0. The Balaban J connectivity index is 2.32. The third-order valence-electron chi connectivity index (χ3n) is 3.83. The maximum atomic E-state index is 12.2. The molecule has 1 aromatic heterocycles. The van der Waals surface area contributed by atoms with Crippen LogP contribution >= 0.6 is 23.5 Å². The lowest BCUT2D eigenvalue weighted by Gasteiger charge is -2.24. The maximum absolute atomic E-state index is 12.2. The lowest BCUT2D eigenvalue weighted by atomic mass is 10.1. The predicted molar refractivity (Wildman–Crippen MR) is 106 cm³/mol. The van der Waals surface area contributed by atoms with Gasteiger partial charge in [-0.3, -0.25) is 28.5 Å². The molecule has 0 saturated carbocycles. The highest BCUT2D eigenvalue weighted by Crippen LogP contribution is 2.66. The number of carbonyl (C=O) groups excluding carboxylic acids is 2. The summed E-state index contributed by atoms with van der Waals surface area (Å²) in [7, 11) is -17.0. The number of aromatic nitrogens is 2. The number of carbonyl (C=O) groups is 2. The molecule has 19 nitrogen and oxygen atoms in total. The van der Waals surface area contributed by atoms with Crippen LogP contribution < -0.4 is 11.2 Å². The quantitative estimate of drug-likeness (QED) is 0.161. The topological polar surface area (TPSA) is 277 Å². The average molecular weight is 568 g/mol. The van der Waals surface area contributed by atoms with Gasteiger partial charge in [0, 0.05) is 26.1 Å². The van der Waals surface area contributed by atoms with Crippen LogP contribution in [0.1, 0.15) is 20.1 Å². The summed E-state index contributed by atoms with van der Waals surface area (Å²) >= 11 is 0. The number of hydrogen-bond donors (Lipinski definition) is 5. The largest absolute Gasteiger partial charge is 0.490 e. The lowest BCUT2D eigenvalue weighted by Crippen LogP contribution is -2.42. The molecule has 6 unspecified atom stereocenters. The Bertz CT molecular complexity index is 1220. The van der Waals surface area contributed by atoms with Gasteiger partial charge in [0.1, 0.15) is 6.10 Å². The van der Waals surface area contributed by atoms with Crippen LogP contribution in [-0.2, 0) is 50.6 Å². The first kappa shape index (κ1) is 29.2. The van der Waals surface area contributed by atoms with Crippen molar-refractivity contribution in [2.24, 2.45) is 0 Å². The zero-order chi connectivity index (χ0) is 26.8. The highest BCUT2D eigenvalue weighted by atomic mass is 31.3. The number of rotatable bonds is 10. The molecule has 198 valence electrons. The molecule has 6 atom stereocenters. The summed E-state index contributed by atoms with van der Waals surface area (Å²) in [6.07, 6.45) is -5.36. The van der Waals surface area contributed by atoms with Crippen molar-refractivity contribution < 1.29 is 70.2 Å². The van der Waals surface area contributed by atoms with Crippen LogP contribution in [0, 0.1) is 0 Å². The number of esters is 2. The van der Waals surface area contributed by atoms with Gasteiger partial charge in [0.15, 0.2) is 18.4 Å². The van der Waals surface area contributed by atoms with Crippen molar-refractivity contribution >= 4 is 35.4 Å². The molecule has 0 aromatic carbocycles. The predicted octanol–water partition coefficient (Wildman–Crippen LogP) is -1.36. The van der Waals surface area contributed by atoms with Crippen LogP contribution in [0.25, 0.3) is 0 Å². The van der Waals surface area contributed by atoms with E-state index in [1.165, 1.54) is 0 Å². The van der Waals surface area contributed by atoms with Gasteiger partial charge in [-0.1, -0.05) is 0 Å². The number of nitrogens with zero attached hydrogens (tertiary/aromatic N) is 1. The second-order valence-electron chi connectivity index (χ2n) is 6.62. The number of phosphoric ester groups is 1. The third-order valence-corrected chi connectivity index (χ3v) is 7.64. The van der Waals surface area contributed by atoms with Gasteiger partial charge in [0.2, 0.25) is 0 Å². The molecule has 2 heterocycles. The Hall–Kier alpha value is -2.01. The summed E-state index contributed by atoms with van der Waals surface area (Å²) < 4.78 is 62.2. The smallest absolute Gasteiger partial charge is 0.456 e. The zero-order valence-corrected chi connectivity index (χ0v) is 20.2. The molecule has 1 aliphatic rings. The molecule has 0 aliphatic carbocycles. The zero-order valence-electron chi connectivity index (χ0n) is 17.6. The van der Waals surface area contributed by atoms with Gasteiger partial charge in [-0.15, -0.1) is 0 Å². The SMILES string of the molecule is CC(=O)OC1C(COP(=O)(O)OP(=O)(O)OP(=O)(O)O)OC(n2ccc(=O)[nH]c2=O)C1OC(C)=O. The second-order valence-corrected chi connectivity index (χ2v) is 11.0. The van der Waals surface area contributed by atoms with Crippen LogP contribution in [0.2, 0.25) is 0 Å². The van der Waals surface area contributed by atoms with Crippen LogP contribution in [-0.4, -0.2) is 66.0 Å². The van der Waals surface area contributed by atoms with E-state index in [9.17, 15) is 42.7 Å². The van der Waals surface area contributed by atoms with Gasteiger partial charge in [0.05, 0.1) is 6.61 Å². The van der Waals surface area contributed by atoms with E-state index in [1.54, 1.807) is 0 Å². The molecule has 35 heavy (non-hydrogen) atoms. The van der Waals surface area contributed by atoms with Crippen molar-refractivity contribution in [3.05, 3.63) is 33.1 Å². The molecular weight excluding hydrogens is 549 g/mol. The first-order valence-corrected chi connectivity index (χ1v) is 13.5. The Morgan fingerprint density at radius 1 is 1.00 bits per heavy atom. The Morgan fingerprint density at radius 3 is 2.09 bits per heavy atom. The first-order chi connectivity index (χ1) is 15.9. The fourth-order valence-electron chi connectivity index (χ4n) is 2.82. The van der Waals surface area contributed by atoms with Crippen molar-refractivity contribution in [3.8, 4) is 0 Å². The summed E-state index contributed by atoms with van der Waals surface area (Å²) in [5.41, 5.74) is -1.82. The van der Waals surface area contributed by atoms with Crippen molar-refractivity contribution in [3.63, 3.8) is 0 Å². The fourth-order valence-corrected chi connectivity index (χ4v) is 5.85. The molecule has 5 N–H and O–H groups in total. The van der Waals surface area contributed by atoms with E-state index in [1.807, 2.05) is 4.98 Å². The third kappa shape index (κ3) is 8.86. The normalized spacial score (nSPS) is 25.9. The monoisotopic (exact) mass is 568 g/mol. The summed E-state index contributed by atoms with van der Waals surface area (Å²) in [4.78, 5) is 84.6. The summed E-state index contributed by atoms with van der Waals surface area (Å²) in [6, 6.07) is 0.913. The Labute approximate surface area is 194 Å². The molecule has 0 amide bonds. The summed E-state index contributed by atoms with van der Waals surface area (Å²) in [5.74, 6) is -1.87. The molecule has 1 aromatic rings. The van der Waals surface area contributed by atoms with Crippen LogP contribution in [0.4, 0.5) is 0 Å². The molecule has 1 saturated heterocycles. The van der Waals surface area contributed by atoms with Gasteiger partial charge < -0.3 is 33.8 Å². The van der Waals surface area contributed by atoms with Crippen LogP contribution in [0.15, 0.2) is 21.9 Å². The average Bonchev–Trinajstić information content (AvgIpc) is 2.93. The number of ether oxygens (including phenoxy) is 3. The van der Waals surface area contributed by atoms with Crippen molar-refractivity contribution in [2.45, 2.75) is 38.4 Å². The standard InChI is InChI=1S/C13H19N2O17P3/c1-6(16)28-10-8(5-27-34(23,24)32-35(25,26)31-33(20,21)22)30-12(11(10)29-7(2)17)15-4-3-9(18)14-13(15)19/h3-4,8,10-12H,5H2,1-2H3,(H,23,24)(H,25,26)(H,14,18,19)(H2,20,21,22). The molecule has 2 rings (SSSR count). The van der Waals surface area contributed by atoms with Gasteiger partial charge in [-0.05, 0) is 0 Å². The van der Waals surface area contributed by atoms with Crippen LogP contribution in [0.5, 0.6) is 0 Å². The highest BCUT2D eigenvalue weighted by Gasteiger charge is 2.51.